The summed E-state index contributed by atoms with van der Waals surface area (Å²) in [5.74, 6) is 0. The zero-order chi connectivity index (χ0) is 14.8. The second-order valence-electron chi connectivity index (χ2n) is 4.86. The fourth-order valence-electron chi connectivity index (χ4n) is 2.45. The van der Waals surface area contributed by atoms with Gasteiger partial charge in [-0.05, 0) is 24.7 Å². The first-order valence-corrected chi connectivity index (χ1v) is 7.48. The van der Waals surface area contributed by atoms with Crippen molar-refractivity contribution >= 4 is 34.1 Å². The van der Waals surface area contributed by atoms with Crippen LogP contribution in [0.15, 0.2) is 42.5 Å². The number of aromatic nitrogens is 2. The smallest absolute Gasteiger partial charge is 0.0841 e. The molecule has 0 aliphatic rings. The molecule has 1 heterocycles. The highest BCUT2D eigenvalue weighted by Crippen LogP contribution is 2.27. The Hall–Kier alpha value is -1.55. The highest BCUT2D eigenvalue weighted by atomic mass is 35.5. The van der Waals surface area contributed by atoms with Crippen LogP contribution in [0.1, 0.15) is 11.3 Å². The quantitative estimate of drug-likeness (QED) is 0.784. The third kappa shape index (κ3) is 2.77. The Kier molecular flexibility index (Phi) is 4.15. The maximum Gasteiger partial charge on any atom is 0.0841 e. The Morgan fingerprint density at radius 3 is 2.71 bits per heavy atom. The summed E-state index contributed by atoms with van der Waals surface area (Å²) in [5.41, 5.74) is 3.10. The Labute approximate surface area is 133 Å². The zero-order valence-corrected chi connectivity index (χ0v) is 13.1. The van der Waals surface area contributed by atoms with E-state index < -0.39 is 0 Å². The summed E-state index contributed by atoms with van der Waals surface area (Å²) in [6.07, 6.45) is 0. The topological polar surface area (TPSA) is 29.9 Å². The van der Waals surface area contributed by atoms with Crippen LogP contribution in [-0.4, -0.2) is 16.8 Å². The van der Waals surface area contributed by atoms with E-state index in [2.05, 4.69) is 17.4 Å². The lowest BCUT2D eigenvalue weighted by molar-refractivity contribution is 0.677. The SMILES string of the molecule is CNCc1nn(Cc2cccc(Cl)c2Cl)c2ccccc12. The molecule has 0 bridgehead atoms. The highest BCUT2D eigenvalue weighted by Gasteiger charge is 2.11. The molecular weight excluding hydrogens is 305 g/mol. The molecule has 2 aromatic carbocycles. The Balaban J connectivity index is 2.06. The van der Waals surface area contributed by atoms with Gasteiger partial charge in [0.05, 0.1) is 27.8 Å². The summed E-state index contributed by atoms with van der Waals surface area (Å²) in [6, 6.07) is 13.9. The van der Waals surface area contributed by atoms with E-state index in [4.69, 9.17) is 28.3 Å². The van der Waals surface area contributed by atoms with Gasteiger partial charge in [0.1, 0.15) is 0 Å². The number of halogens is 2. The number of hydrogen-bond acceptors (Lipinski definition) is 2. The molecule has 0 amide bonds. The highest BCUT2D eigenvalue weighted by molar-refractivity contribution is 6.42. The molecule has 1 N–H and O–H groups in total. The average Bonchev–Trinajstić information content (AvgIpc) is 2.83. The van der Waals surface area contributed by atoms with Gasteiger partial charge in [0.25, 0.3) is 0 Å². The fourth-order valence-corrected chi connectivity index (χ4v) is 2.83. The van der Waals surface area contributed by atoms with Crippen LogP contribution in [0.4, 0.5) is 0 Å². The number of benzene rings is 2. The van der Waals surface area contributed by atoms with Crippen molar-refractivity contribution in [1.29, 1.82) is 0 Å². The van der Waals surface area contributed by atoms with Crippen molar-refractivity contribution < 1.29 is 0 Å². The molecule has 3 nitrogen and oxygen atoms in total. The number of rotatable bonds is 4. The van der Waals surface area contributed by atoms with Gasteiger partial charge in [-0.15, -0.1) is 0 Å². The third-order valence-corrected chi connectivity index (χ3v) is 4.29. The molecule has 21 heavy (non-hydrogen) atoms. The third-order valence-electron chi connectivity index (χ3n) is 3.43. The van der Waals surface area contributed by atoms with Crippen LogP contribution in [0.2, 0.25) is 10.0 Å². The molecule has 0 aliphatic heterocycles. The van der Waals surface area contributed by atoms with E-state index in [9.17, 15) is 0 Å². The molecule has 0 aliphatic carbocycles. The van der Waals surface area contributed by atoms with Crippen molar-refractivity contribution in [2.75, 3.05) is 7.05 Å². The number of hydrogen-bond donors (Lipinski definition) is 1. The van der Waals surface area contributed by atoms with Crippen LogP contribution in [0.5, 0.6) is 0 Å². The van der Waals surface area contributed by atoms with Crippen LogP contribution in [0, 0.1) is 0 Å². The van der Waals surface area contributed by atoms with Gasteiger partial charge >= 0.3 is 0 Å². The maximum atomic E-state index is 6.28. The Bertz CT molecular complexity index is 780. The van der Waals surface area contributed by atoms with Crippen molar-refractivity contribution in [3.05, 3.63) is 63.8 Å². The first-order valence-electron chi connectivity index (χ1n) is 6.72. The van der Waals surface area contributed by atoms with Gasteiger partial charge < -0.3 is 5.32 Å². The predicted octanol–water partition coefficient (Wildman–Crippen LogP) is 4.11. The van der Waals surface area contributed by atoms with Gasteiger partial charge in [0.2, 0.25) is 0 Å². The summed E-state index contributed by atoms with van der Waals surface area (Å²) >= 11 is 12.4. The average molecular weight is 320 g/mol. The van der Waals surface area contributed by atoms with Crippen molar-refractivity contribution in [1.82, 2.24) is 15.1 Å². The Morgan fingerprint density at radius 2 is 1.90 bits per heavy atom. The molecule has 0 unspecified atom stereocenters. The van der Waals surface area contributed by atoms with Crippen molar-refractivity contribution in [2.24, 2.45) is 0 Å². The van der Waals surface area contributed by atoms with E-state index >= 15 is 0 Å². The first-order chi connectivity index (χ1) is 10.2. The lowest BCUT2D eigenvalue weighted by Crippen LogP contribution is -2.08. The summed E-state index contributed by atoms with van der Waals surface area (Å²) in [7, 11) is 1.92. The molecule has 108 valence electrons. The van der Waals surface area contributed by atoms with Gasteiger partial charge in [-0.2, -0.15) is 5.10 Å². The van der Waals surface area contributed by atoms with Gasteiger partial charge in [-0.1, -0.05) is 53.5 Å². The van der Waals surface area contributed by atoms with E-state index in [0.29, 0.717) is 16.6 Å². The van der Waals surface area contributed by atoms with Gasteiger partial charge in [0, 0.05) is 11.9 Å². The number of nitrogens with one attached hydrogen (secondary N) is 1. The molecular formula is C16H15Cl2N3. The van der Waals surface area contributed by atoms with Crippen molar-refractivity contribution in [3.8, 4) is 0 Å². The van der Waals surface area contributed by atoms with Crippen LogP contribution in [0.25, 0.3) is 10.9 Å². The van der Waals surface area contributed by atoms with Crippen LogP contribution in [-0.2, 0) is 13.1 Å². The van der Waals surface area contributed by atoms with Crippen LogP contribution < -0.4 is 5.32 Å². The molecule has 0 atom stereocenters. The molecule has 0 spiro atoms. The van der Waals surface area contributed by atoms with E-state index in [1.165, 1.54) is 0 Å². The van der Waals surface area contributed by atoms with Crippen LogP contribution in [0.3, 0.4) is 0 Å². The Morgan fingerprint density at radius 1 is 1.10 bits per heavy atom. The number of fused-ring (bicyclic) bond motifs is 1. The van der Waals surface area contributed by atoms with E-state index in [0.717, 1.165) is 28.7 Å². The second-order valence-corrected chi connectivity index (χ2v) is 5.65. The predicted molar refractivity (Wildman–Crippen MR) is 88.1 cm³/mol. The van der Waals surface area contributed by atoms with Gasteiger partial charge in [-0.3, -0.25) is 4.68 Å². The molecule has 0 saturated carbocycles. The molecule has 5 heteroatoms. The zero-order valence-electron chi connectivity index (χ0n) is 11.6. The van der Waals surface area contributed by atoms with E-state index in [1.54, 1.807) is 6.07 Å². The molecule has 3 rings (SSSR count). The van der Waals surface area contributed by atoms with E-state index in [-0.39, 0.29) is 0 Å². The normalized spacial score (nSPS) is 11.2. The fraction of sp³-hybridized carbons (Fsp3) is 0.188. The number of para-hydroxylation sites is 1. The minimum absolute atomic E-state index is 0.570. The molecule has 0 fully saturated rings. The summed E-state index contributed by atoms with van der Waals surface area (Å²) < 4.78 is 1.97. The molecule has 0 saturated heterocycles. The standard InChI is InChI=1S/C16H15Cl2N3/c1-19-9-14-12-6-2-3-8-15(12)21(20-14)10-11-5-4-7-13(17)16(11)18/h2-8,19H,9-10H2,1H3. The summed E-state index contributed by atoms with van der Waals surface area (Å²) in [4.78, 5) is 0. The monoisotopic (exact) mass is 319 g/mol. The minimum atomic E-state index is 0.570. The first kappa shape index (κ1) is 14.4. The molecule has 0 radical (unpaired) electrons. The maximum absolute atomic E-state index is 6.28. The lowest BCUT2D eigenvalue weighted by Gasteiger charge is -2.07. The van der Waals surface area contributed by atoms with Gasteiger partial charge in [-0.25, -0.2) is 0 Å². The second kappa shape index (κ2) is 6.06. The van der Waals surface area contributed by atoms with Crippen LogP contribution >= 0.6 is 23.2 Å². The van der Waals surface area contributed by atoms with Gasteiger partial charge in [0.15, 0.2) is 0 Å². The largest absolute Gasteiger partial charge is 0.314 e. The lowest BCUT2D eigenvalue weighted by atomic mass is 10.2. The molecule has 1 aromatic heterocycles. The number of nitrogens with zero attached hydrogens (tertiary/aromatic N) is 2. The van der Waals surface area contributed by atoms with E-state index in [1.807, 2.05) is 36.0 Å². The summed E-state index contributed by atoms with van der Waals surface area (Å²) in [6.45, 7) is 1.33. The summed E-state index contributed by atoms with van der Waals surface area (Å²) in [5, 5.41) is 10.2. The minimum Gasteiger partial charge on any atom is -0.314 e. The van der Waals surface area contributed by atoms with Crippen molar-refractivity contribution in [3.63, 3.8) is 0 Å². The molecule has 3 aromatic rings. The van der Waals surface area contributed by atoms with Crippen molar-refractivity contribution in [2.45, 2.75) is 13.1 Å².